The number of carbonyl (C=O) groups is 2. The summed E-state index contributed by atoms with van der Waals surface area (Å²) in [5.74, 6) is -4.09. The molecule has 0 saturated carbocycles. The van der Waals surface area contributed by atoms with Gasteiger partial charge in [0.15, 0.2) is 17.7 Å². The summed E-state index contributed by atoms with van der Waals surface area (Å²) in [4.78, 5) is 27.3. The van der Waals surface area contributed by atoms with Gasteiger partial charge in [0.1, 0.15) is 17.7 Å². The van der Waals surface area contributed by atoms with Gasteiger partial charge in [-0.1, -0.05) is 0 Å². The number of imidazole rings is 1. The van der Waals surface area contributed by atoms with E-state index in [2.05, 4.69) is 4.98 Å². The van der Waals surface area contributed by atoms with Gasteiger partial charge in [-0.05, 0) is 37.8 Å². The highest BCUT2D eigenvalue weighted by molar-refractivity contribution is 5.81. The maximum absolute atomic E-state index is 13.7. The molecule has 188 valence electrons. The second-order valence-electron chi connectivity index (χ2n) is 7.64. The van der Waals surface area contributed by atoms with Crippen LogP contribution in [0.3, 0.4) is 0 Å². The molecule has 2 N–H and O–H groups in total. The minimum atomic E-state index is -5.08. The highest BCUT2D eigenvalue weighted by Gasteiger charge is 2.38. The molecule has 2 aromatic rings. The van der Waals surface area contributed by atoms with Crippen LogP contribution in [0, 0.1) is 17.6 Å². The largest absolute Gasteiger partial charge is 0.490 e. The van der Waals surface area contributed by atoms with Gasteiger partial charge in [0.2, 0.25) is 0 Å². The number of carboxylic acids is 1. The van der Waals surface area contributed by atoms with E-state index in [4.69, 9.17) is 14.6 Å². The lowest BCUT2D eigenvalue weighted by molar-refractivity contribution is -0.192. The van der Waals surface area contributed by atoms with Crippen LogP contribution in [-0.4, -0.2) is 61.9 Å². The number of hydrogen-bond acceptors (Lipinski definition) is 5. The topological polar surface area (TPSA) is 105 Å². The molecule has 34 heavy (non-hydrogen) atoms. The van der Waals surface area contributed by atoms with Crippen LogP contribution in [0.1, 0.15) is 31.7 Å². The first kappa shape index (κ1) is 27.0. The lowest BCUT2D eigenvalue weighted by Gasteiger charge is -2.35. The van der Waals surface area contributed by atoms with Crippen molar-refractivity contribution >= 4 is 11.9 Å². The van der Waals surface area contributed by atoms with Gasteiger partial charge in [0, 0.05) is 38.6 Å². The second kappa shape index (κ2) is 11.3. The second-order valence-corrected chi connectivity index (χ2v) is 7.64. The molecule has 0 spiro atoms. The first-order valence-electron chi connectivity index (χ1n) is 10.2. The van der Waals surface area contributed by atoms with Gasteiger partial charge in [-0.15, -0.1) is 0 Å². The Morgan fingerprint density at radius 3 is 2.26 bits per heavy atom. The number of halogens is 5. The van der Waals surface area contributed by atoms with E-state index in [0.29, 0.717) is 31.8 Å². The number of ether oxygens (including phenoxy) is 1. The molecule has 13 heteroatoms. The maximum Gasteiger partial charge on any atom is 0.490 e. The molecular formula is C21H24F5N3O5. The normalized spacial score (nSPS) is 16.3. The van der Waals surface area contributed by atoms with Gasteiger partial charge in [0.25, 0.3) is 5.91 Å². The van der Waals surface area contributed by atoms with Gasteiger partial charge < -0.3 is 24.4 Å². The molecule has 2 unspecified atom stereocenters. The van der Waals surface area contributed by atoms with E-state index in [1.807, 2.05) is 7.05 Å². The number of nitrogens with zero attached hydrogens (tertiary/aromatic N) is 3. The molecule has 0 bridgehead atoms. The van der Waals surface area contributed by atoms with Crippen molar-refractivity contribution in [3.63, 3.8) is 0 Å². The number of aliphatic hydroxyl groups excluding tert-OH is 1. The predicted octanol–water partition coefficient (Wildman–Crippen LogP) is 3.07. The van der Waals surface area contributed by atoms with E-state index in [9.17, 15) is 31.9 Å². The fourth-order valence-corrected chi connectivity index (χ4v) is 3.38. The summed E-state index contributed by atoms with van der Waals surface area (Å²) in [7, 11) is 1.83. The predicted molar refractivity (Wildman–Crippen MR) is 108 cm³/mol. The van der Waals surface area contributed by atoms with Gasteiger partial charge in [0.05, 0.1) is 0 Å². The standard InChI is InChI=1S/C19H23F2N3O3.C2HF3O2/c1-12(27-16-4-3-14(20)11-15(16)21)19(26)24-8-5-13(6-9-24)17(25)18-22-7-10-23(18)2;3-2(4,5)1(6)7/h3-4,7,10-13,17,25H,5-6,8-9H2,1-2H3;(H,6,7). The number of aromatic nitrogens is 2. The van der Waals surface area contributed by atoms with Crippen molar-refractivity contribution in [2.45, 2.75) is 38.1 Å². The smallest absolute Gasteiger partial charge is 0.478 e. The molecule has 1 aliphatic rings. The van der Waals surface area contributed by atoms with E-state index in [1.54, 1.807) is 28.8 Å². The van der Waals surface area contributed by atoms with Crippen LogP contribution in [0.15, 0.2) is 30.6 Å². The molecule has 0 radical (unpaired) electrons. The Morgan fingerprint density at radius 2 is 1.79 bits per heavy atom. The number of carbonyl (C=O) groups excluding carboxylic acids is 1. The number of rotatable bonds is 5. The first-order valence-corrected chi connectivity index (χ1v) is 10.2. The average Bonchev–Trinajstić information content (AvgIpc) is 3.20. The summed E-state index contributed by atoms with van der Waals surface area (Å²) in [6.45, 7) is 2.50. The van der Waals surface area contributed by atoms with E-state index in [-0.39, 0.29) is 17.6 Å². The molecule has 1 saturated heterocycles. The Kier molecular flexibility index (Phi) is 8.96. The van der Waals surface area contributed by atoms with Gasteiger partial charge >= 0.3 is 12.1 Å². The zero-order valence-electron chi connectivity index (χ0n) is 18.3. The van der Waals surface area contributed by atoms with Crippen LogP contribution in [-0.2, 0) is 16.6 Å². The van der Waals surface area contributed by atoms with Crippen molar-refractivity contribution in [3.05, 3.63) is 48.1 Å². The highest BCUT2D eigenvalue weighted by atomic mass is 19.4. The molecule has 8 nitrogen and oxygen atoms in total. The van der Waals surface area contributed by atoms with E-state index < -0.39 is 36.0 Å². The monoisotopic (exact) mass is 493 g/mol. The van der Waals surface area contributed by atoms with Gasteiger partial charge in [-0.25, -0.2) is 18.6 Å². The number of aryl methyl sites for hydroxylation is 1. The number of aliphatic carboxylic acids is 1. The molecule has 1 amide bonds. The zero-order valence-corrected chi connectivity index (χ0v) is 18.3. The molecule has 1 aromatic carbocycles. The molecule has 1 fully saturated rings. The summed E-state index contributed by atoms with van der Waals surface area (Å²) in [6.07, 6.45) is -1.95. The van der Waals surface area contributed by atoms with Crippen LogP contribution in [0.25, 0.3) is 0 Å². The molecule has 1 aromatic heterocycles. The Bertz CT molecular complexity index is 989. The van der Waals surface area contributed by atoms with E-state index in [0.717, 1.165) is 12.1 Å². The van der Waals surface area contributed by atoms with Crippen LogP contribution in [0.2, 0.25) is 0 Å². The number of piperidine rings is 1. The van der Waals surface area contributed by atoms with Crippen molar-refractivity contribution in [1.29, 1.82) is 0 Å². The van der Waals surface area contributed by atoms with Crippen molar-refractivity contribution in [2.24, 2.45) is 13.0 Å². The lowest BCUT2D eigenvalue weighted by Crippen LogP contribution is -2.45. The van der Waals surface area contributed by atoms with Crippen molar-refractivity contribution < 1.29 is 46.5 Å². The van der Waals surface area contributed by atoms with Crippen molar-refractivity contribution in [3.8, 4) is 5.75 Å². The van der Waals surface area contributed by atoms with Crippen LogP contribution in [0.4, 0.5) is 22.0 Å². The molecule has 2 heterocycles. The third-order valence-corrected chi connectivity index (χ3v) is 5.21. The number of carboxylic acid groups (broad SMARTS) is 1. The van der Waals surface area contributed by atoms with Gasteiger partial charge in [-0.2, -0.15) is 13.2 Å². The number of likely N-dealkylation sites (tertiary alicyclic amines) is 1. The highest BCUT2D eigenvalue weighted by Crippen LogP contribution is 2.30. The average molecular weight is 493 g/mol. The third kappa shape index (κ3) is 7.14. The van der Waals surface area contributed by atoms with Crippen molar-refractivity contribution in [2.75, 3.05) is 13.1 Å². The van der Waals surface area contributed by atoms with E-state index >= 15 is 0 Å². The number of benzene rings is 1. The Balaban J connectivity index is 0.000000509. The molecule has 1 aliphatic heterocycles. The summed E-state index contributed by atoms with van der Waals surface area (Å²) in [6, 6.07) is 2.97. The third-order valence-electron chi connectivity index (χ3n) is 5.21. The van der Waals surface area contributed by atoms with Crippen LogP contribution < -0.4 is 4.74 Å². The summed E-state index contributed by atoms with van der Waals surface area (Å²) >= 11 is 0. The van der Waals surface area contributed by atoms with Crippen molar-refractivity contribution in [1.82, 2.24) is 14.5 Å². The fourth-order valence-electron chi connectivity index (χ4n) is 3.38. The Hall–Kier alpha value is -3.22. The minimum absolute atomic E-state index is 0.0147. The molecule has 3 rings (SSSR count). The first-order chi connectivity index (χ1) is 15.8. The quantitative estimate of drug-likeness (QED) is 0.621. The number of aliphatic hydroxyl groups is 1. The SMILES string of the molecule is CC(Oc1ccc(F)cc1F)C(=O)N1CCC(C(O)c2nccn2C)CC1.O=C(O)C(F)(F)F. The number of hydrogen-bond donors (Lipinski definition) is 2. The summed E-state index contributed by atoms with van der Waals surface area (Å²) < 4.78 is 65.6. The van der Waals surface area contributed by atoms with E-state index in [1.165, 1.54) is 6.07 Å². The van der Waals surface area contributed by atoms with Gasteiger partial charge in [-0.3, -0.25) is 4.79 Å². The van der Waals surface area contributed by atoms with Crippen LogP contribution in [0.5, 0.6) is 5.75 Å². The van der Waals surface area contributed by atoms with Crippen LogP contribution >= 0.6 is 0 Å². The summed E-state index contributed by atoms with van der Waals surface area (Å²) in [5.41, 5.74) is 0. The minimum Gasteiger partial charge on any atom is -0.478 e. The summed E-state index contributed by atoms with van der Waals surface area (Å²) in [5, 5.41) is 17.6. The Labute approximate surface area is 191 Å². The fraction of sp³-hybridized carbons (Fsp3) is 0.476. The molecule has 2 atom stereocenters. The Morgan fingerprint density at radius 1 is 1.21 bits per heavy atom. The molecular weight excluding hydrogens is 469 g/mol. The lowest BCUT2D eigenvalue weighted by atomic mass is 9.90. The molecule has 0 aliphatic carbocycles. The zero-order chi connectivity index (χ0) is 25.6. The number of amides is 1. The number of alkyl halides is 3. The maximum atomic E-state index is 13.7.